The van der Waals surface area contributed by atoms with Crippen LogP contribution in [-0.2, 0) is 31.9 Å². The summed E-state index contributed by atoms with van der Waals surface area (Å²) in [6.45, 7) is 5.23. The molecule has 1 aromatic carbocycles. The molecule has 0 spiro atoms. The van der Waals surface area contributed by atoms with Gasteiger partial charge in [-0.1, -0.05) is 30.3 Å². The second-order valence-electron chi connectivity index (χ2n) is 8.44. The Bertz CT molecular complexity index is 862. The number of benzene rings is 1. The lowest BCUT2D eigenvalue weighted by Crippen LogP contribution is -2.53. The monoisotopic (exact) mass is 444 g/mol. The van der Waals surface area contributed by atoms with E-state index in [1.54, 1.807) is 33.3 Å². The minimum atomic E-state index is -0.924. The van der Waals surface area contributed by atoms with E-state index in [2.05, 4.69) is 20.6 Å². The zero-order valence-electron chi connectivity index (χ0n) is 19.0. The molecule has 0 saturated carbocycles. The van der Waals surface area contributed by atoms with E-state index in [4.69, 9.17) is 9.47 Å². The minimum absolute atomic E-state index is 0.244. The fourth-order valence-electron chi connectivity index (χ4n) is 3.09. The van der Waals surface area contributed by atoms with Gasteiger partial charge in [0.25, 0.3) is 0 Å². The molecular weight excluding hydrogens is 412 g/mol. The molecule has 2 aromatic rings. The Morgan fingerprint density at radius 2 is 1.81 bits per heavy atom. The van der Waals surface area contributed by atoms with E-state index in [0.29, 0.717) is 19.3 Å². The number of amides is 2. The summed E-state index contributed by atoms with van der Waals surface area (Å²) in [4.78, 5) is 44.6. The van der Waals surface area contributed by atoms with Gasteiger partial charge < -0.3 is 25.1 Å². The fourth-order valence-corrected chi connectivity index (χ4v) is 3.09. The summed E-state index contributed by atoms with van der Waals surface area (Å²) in [5, 5.41) is 5.35. The molecular formula is C23H32N4O5. The fraction of sp³-hybridized carbons (Fsp3) is 0.478. The number of H-pyrrole nitrogens is 1. The molecule has 2 rings (SSSR count). The molecule has 2 atom stereocenters. The normalized spacial score (nSPS) is 13.0. The molecule has 32 heavy (non-hydrogen) atoms. The standard InChI is InChI=1S/C23H32N4O5/c1-23(2,3)32-22(30)27-19(13-16-9-6-5-7-10-16)20(28)26-18(21(29)31-4)12-8-11-17-14-24-15-25-17/h5-7,9-10,14-15,18-19H,8,11-13H2,1-4H3,(H,24,25)(H,26,28)(H,27,30)/t18-,19+/m0/s1. The number of imidazole rings is 1. The van der Waals surface area contributed by atoms with Gasteiger partial charge in [-0.15, -0.1) is 0 Å². The zero-order valence-corrected chi connectivity index (χ0v) is 19.0. The topological polar surface area (TPSA) is 122 Å². The number of aromatic nitrogens is 2. The van der Waals surface area contributed by atoms with Crippen LogP contribution in [0.5, 0.6) is 0 Å². The number of aryl methyl sites for hydroxylation is 1. The highest BCUT2D eigenvalue weighted by molar-refractivity contribution is 5.89. The van der Waals surface area contributed by atoms with Crippen LogP contribution in [0.1, 0.15) is 44.9 Å². The summed E-state index contributed by atoms with van der Waals surface area (Å²) in [6.07, 6.45) is 4.52. The number of carbonyl (C=O) groups excluding carboxylic acids is 3. The first-order chi connectivity index (χ1) is 15.2. The summed E-state index contributed by atoms with van der Waals surface area (Å²) in [5.74, 6) is -1.03. The number of methoxy groups -OCH3 is 1. The van der Waals surface area contributed by atoms with E-state index in [1.165, 1.54) is 7.11 Å². The van der Waals surface area contributed by atoms with Crippen molar-refractivity contribution in [3.63, 3.8) is 0 Å². The van der Waals surface area contributed by atoms with Crippen LogP contribution >= 0.6 is 0 Å². The number of hydrogen-bond donors (Lipinski definition) is 3. The molecule has 1 heterocycles. The zero-order chi connectivity index (χ0) is 23.6. The molecule has 174 valence electrons. The van der Waals surface area contributed by atoms with Gasteiger partial charge in [-0.05, 0) is 45.6 Å². The molecule has 0 saturated heterocycles. The molecule has 1 aromatic heterocycles. The summed E-state index contributed by atoms with van der Waals surface area (Å²) in [6, 6.07) is 7.53. The van der Waals surface area contributed by atoms with Gasteiger partial charge in [-0.25, -0.2) is 14.6 Å². The molecule has 0 unspecified atom stereocenters. The first kappa shape index (κ1) is 24.9. The SMILES string of the molecule is COC(=O)[C@H](CCCc1cnc[nH]1)NC(=O)[C@@H](Cc1ccccc1)NC(=O)OC(C)(C)C. The van der Waals surface area contributed by atoms with E-state index < -0.39 is 35.7 Å². The van der Waals surface area contributed by atoms with Crippen LogP contribution < -0.4 is 10.6 Å². The number of ether oxygens (including phenoxy) is 2. The quantitative estimate of drug-likeness (QED) is 0.484. The van der Waals surface area contributed by atoms with E-state index in [-0.39, 0.29) is 6.42 Å². The number of alkyl carbamates (subject to hydrolysis) is 1. The van der Waals surface area contributed by atoms with Gasteiger partial charge in [-0.2, -0.15) is 0 Å². The van der Waals surface area contributed by atoms with E-state index in [9.17, 15) is 14.4 Å². The maximum atomic E-state index is 13.1. The predicted octanol–water partition coefficient (Wildman–Crippen LogP) is 2.53. The number of carbonyl (C=O) groups is 3. The van der Waals surface area contributed by atoms with Gasteiger partial charge in [-0.3, -0.25) is 4.79 Å². The average molecular weight is 445 g/mol. The number of nitrogens with one attached hydrogen (secondary N) is 3. The third-order valence-electron chi connectivity index (χ3n) is 4.59. The van der Waals surface area contributed by atoms with E-state index in [1.807, 2.05) is 30.3 Å². The van der Waals surface area contributed by atoms with Crippen molar-refractivity contribution in [3.05, 3.63) is 54.1 Å². The number of rotatable bonds is 10. The lowest BCUT2D eigenvalue weighted by Gasteiger charge is -2.25. The van der Waals surface area contributed by atoms with Crippen molar-refractivity contribution in [2.75, 3.05) is 7.11 Å². The largest absolute Gasteiger partial charge is 0.467 e. The Balaban J connectivity index is 2.07. The third kappa shape index (κ3) is 8.79. The Morgan fingerprint density at radius 3 is 2.41 bits per heavy atom. The summed E-state index contributed by atoms with van der Waals surface area (Å²) in [5.41, 5.74) is 1.09. The third-order valence-corrected chi connectivity index (χ3v) is 4.59. The van der Waals surface area contributed by atoms with Crippen LogP contribution in [0.15, 0.2) is 42.9 Å². The highest BCUT2D eigenvalue weighted by Crippen LogP contribution is 2.10. The van der Waals surface area contributed by atoms with Crippen molar-refractivity contribution >= 4 is 18.0 Å². The minimum Gasteiger partial charge on any atom is -0.467 e. The molecule has 0 bridgehead atoms. The van der Waals surface area contributed by atoms with Gasteiger partial charge >= 0.3 is 12.1 Å². The first-order valence-corrected chi connectivity index (χ1v) is 10.6. The van der Waals surface area contributed by atoms with Crippen molar-refractivity contribution < 1.29 is 23.9 Å². The maximum Gasteiger partial charge on any atom is 0.408 e. The molecule has 9 nitrogen and oxygen atoms in total. The average Bonchev–Trinajstić information content (AvgIpc) is 3.24. The molecule has 2 amide bonds. The number of esters is 1. The molecule has 0 aliphatic carbocycles. The van der Waals surface area contributed by atoms with Crippen molar-refractivity contribution in [3.8, 4) is 0 Å². The summed E-state index contributed by atoms with van der Waals surface area (Å²) >= 11 is 0. The van der Waals surface area contributed by atoms with Crippen LogP contribution in [-0.4, -0.2) is 52.7 Å². The van der Waals surface area contributed by atoms with Crippen molar-refractivity contribution in [1.29, 1.82) is 0 Å². The van der Waals surface area contributed by atoms with Crippen LogP contribution in [0.2, 0.25) is 0 Å². The Labute approximate surface area is 188 Å². The van der Waals surface area contributed by atoms with Gasteiger partial charge in [0.05, 0.1) is 13.4 Å². The lowest BCUT2D eigenvalue weighted by molar-refractivity contribution is -0.145. The number of nitrogens with zero attached hydrogens (tertiary/aromatic N) is 1. The van der Waals surface area contributed by atoms with Gasteiger partial charge in [0.15, 0.2) is 0 Å². The molecule has 3 N–H and O–H groups in total. The Kier molecular flexibility index (Phi) is 9.24. The lowest BCUT2D eigenvalue weighted by atomic mass is 10.0. The van der Waals surface area contributed by atoms with Crippen molar-refractivity contribution in [2.45, 2.75) is 64.1 Å². The summed E-state index contributed by atoms with van der Waals surface area (Å²) in [7, 11) is 1.27. The summed E-state index contributed by atoms with van der Waals surface area (Å²) < 4.78 is 10.2. The molecule has 0 radical (unpaired) electrons. The van der Waals surface area contributed by atoms with Crippen LogP contribution in [0.3, 0.4) is 0 Å². The van der Waals surface area contributed by atoms with Crippen LogP contribution in [0.25, 0.3) is 0 Å². The van der Waals surface area contributed by atoms with Crippen LogP contribution in [0.4, 0.5) is 4.79 Å². The maximum absolute atomic E-state index is 13.1. The van der Waals surface area contributed by atoms with E-state index in [0.717, 1.165) is 11.3 Å². The molecule has 0 aliphatic rings. The van der Waals surface area contributed by atoms with Gasteiger partial charge in [0, 0.05) is 18.3 Å². The predicted molar refractivity (Wildman–Crippen MR) is 119 cm³/mol. The Hall–Kier alpha value is -3.36. The Morgan fingerprint density at radius 1 is 1.09 bits per heavy atom. The van der Waals surface area contributed by atoms with Crippen molar-refractivity contribution in [2.24, 2.45) is 0 Å². The first-order valence-electron chi connectivity index (χ1n) is 10.6. The second kappa shape index (κ2) is 11.9. The van der Waals surface area contributed by atoms with E-state index >= 15 is 0 Å². The number of hydrogen-bond acceptors (Lipinski definition) is 6. The smallest absolute Gasteiger partial charge is 0.408 e. The van der Waals surface area contributed by atoms with Gasteiger partial charge in [0.1, 0.15) is 17.7 Å². The molecule has 9 heteroatoms. The molecule has 0 fully saturated rings. The number of aromatic amines is 1. The van der Waals surface area contributed by atoms with Crippen LogP contribution in [0, 0.1) is 0 Å². The molecule has 0 aliphatic heterocycles. The highest BCUT2D eigenvalue weighted by atomic mass is 16.6. The second-order valence-corrected chi connectivity index (χ2v) is 8.44. The highest BCUT2D eigenvalue weighted by Gasteiger charge is 2.29. The van der Waals surface area contributed by atoms with Gasteiger partial charge in [0.2, 0.25) is 5.91 Å². The van der Waals surface area contributed by atoms with Crippen molar-refractivity contribution in [1.82, 2.24) is 20.6 Å².